The van der Waals surface area contributed by atoms with Gasteiger partial charge in [0.15, 0.2) is 0 Å². The molecule has 1 aromatic heterocycles. The summed E-state index contributed by atoms with van der Waals surface area (Å²) in [5, 5.41) is 13.9. The minimum Gasteiger partial charge on any atom is -0.361 e. The minimum absolute atomic E-state index is 0.129. The van der Waals surface area contributed by atoms with Gasteiger partial charge in [-0.2, -0.15) is 4.98 Å². The molecule has 0 atom stereocenters. The molecule has 0 aliphatic heterocycles. The number of rotatable bonds is 4. The lowest BCUT2D eigenvalue weighted by Crippen LogP contribution is -2.18. The third-order valence-electron chi connectivity index (χ3n) is 2.79. The van der Waals surface area contributed by atoms with Crippen LogP contribution in [0.25, 0.3) is 0 Å². The van der Waals surface area contributed by atoms with Gasteiger partial charge in [-0.1, -0.05) is 12.8 Å². The number of hydrogen-bond acceptors (Lipinski definition) is 7. The molecule has 1 heterocycles. The summed E-state index contributed by atoms with van der Waals surface area (Å²) in [6.45, 7) is 0. The Balaban J connectivity index is 2.24. The van der Waals surface area contributed by atoms with Crippen LogP contribution in [0.15, 0.2) is 6.20 Å². The van der Waals surface area contributed by atoms with Gasteiger partial charge in [0, 0.05) is 6.04 Å². The minimum atomic E-state index is -0.502. The Morgan fingerprint density at radius 2 is 2.18 bits per heavy atom. The lowest BCUT2D eigenvalue weighted by atomic mass is 10.2. The summed E-state index contributed by atoms with van der Waals surface area (Å²) in [5.41, 5.74) is 2.14. The maximum Gasteiger partial charge on any atom is 0.329 e. The van der Waals surface area contributed by atoms with Crippen LogP contribution >= 0.6 is 0 Å². The summed E-state index contributed by atoms with van der Waals surface area (Å²) in [6, 6.07) is 0.245. The largest absolute Gasteiger partial charge is 0.361 e. The highest BCUT2D eigenvalue weighted by molar-refractivity contribution is 5.57. The monoisotopic (exact) mass is 238 g/mol. The van der Waals surface area contributed by atoms with Crippen molar-refractivity contribution in [2.75, 3.05) is 10.7 Å². The summed E-state index contributed by atoms with van der Waals surface area (Å²) in [4.78, 5) is 18.0. The maximum atomic E-state index is 10.8. The molecule has 0 aromatic carbocycles. The second-order valence-electron chi connectivity index (χ2n) is 3.95. The van der Waals surface area contributed by atoms with Crippen LogP contribution in [0.3, 0.4) is 0 Å². The molecule has 1 fully saturated rings. The molecule has 0 radical (unpaired) electrons. The van der Waals surface area contributed by atoms with Crippen molar-refractivity contribution in [1.82, 2.24) is 9.97 Å². The van der Waals surface area contributed by atoms with Gasteiger partial charge in [0.1, 0.15) is 6.20 Å². The van der Waals surface area contributed by atoms with Crippen molar-refractivity contribution >= 4 is 17.5 Å². The van der Waals surface area contributed by atoms with Gasteiger partial charge in [-0.25, -0.2) is 10.8 Å². The van der Waals surface area contributed by atoms with Gasteiger partial charge in [-0.15, -0.1) is 0 Å². The fourth-order valence-corrected chi connectivity index (χ4v) is 1.95. The van der Waals surface area contributed by atoms with Crippen molar-refractivity contribution in [3.63, 3.8) is 0 Å². The van der Waals surface area contributed by atoms with Gasteiger partial charge in [-0.05, 0) is 12.8 Å². The molecule has 17 heavy (non-hydrogen) atoms. The number of nitrogen functional groups attached to an aromatic ring is 1. The van der Waals surface area contributed by atoms with E-state index in [-0.39, 0.29) is 23.5 Å². The molecular formula is C9H14N6O2. The molecule has 2 rings (SSSR count). The molecule has 0 amide bonds. The van der Waals surface area contributed by atoms with Crippen LogP contribution in [-0.2, 0) is 0 Å². The van der Waals surface area contributed by atoms with Crippen LogP contribution in [0, 0.1) is 10.1 Å². The van der Waals surface area contributed by atoms with E-state index in [1.807, 2.05) is 0 Å². The maximum absolute atomic E-state index is 10.8. The number of nitro groups is 1. The Morgan fingerprint density at radius 3 is 2.76 bits per heavy atom. The van der Waals surface area contributed by atoms with E-state index in [0.29, 0.717) is 0 Å². The van der Waals surface area contributed by atoms with Crippen LogP contribution in [0.1, 0.15) is 25.7 Å². The molecule has 0 bridgehead atoms. The zero-order chi connectivity index (χ0) is 12.3. The number of hydrogen-bond donors (Lipinski definition) is 3. The topological polar surface area (TPSA) is 119 Å². The van der Waals surface area contributed by atoms with Gasteiger partial charge in [0.05, 0.1) is 4.92 Å². The van der Waals surface area contributed by atoms with Crippen molar-refractivity contribution < 1.29 is 4.92 Å². The molecule has 92 valence electrons. The van der Waals surface area contributed by atoms with Crippen LogP contribution < -0.4 is 16.6 Å². The van der Waals surface area contributed by atoms with Gasteiger partial charge < -0.3 is 5.32 Å². The van der Waals surface area contributed by atoms with E-state index >= 15 is 0 Å². The summed E-state index contributed by atoms with van der Waals surface area (Å²) in [5.74, 6) is 5.57. The van der Waals surface area contributed by atoms with Crippen LogP contribution in [0.2, 0.25) is 0 Å². The Kier molecular flexibility index (Phi) is 3.33. The zero-order valence-corrected chi connectivity index (χ0v) is 9.22. The highest BCUT2D eigenvalue weighted by atomic mass is 16.6. The SMILES string of the molecule is NNc1ncc([N+](=O)[O-])c(NC2CCCC2)n1. The van der Waals surface area contributed by atoms with E-state index in [1.165, 1.54) is 0 Å². The highest BCUT2D eigenvalue weighted by Gasteiger charge is 2.22. The van der Waals surface area contributed by atoms with Gasteiger partial charge in [0.2, 0.25) is 11.8 Å². The van der Waals surface area contributed by atoms with E-state index < -0.39 is 4.92 Å². The van der Waals surface area contributed by atoms with Crippen LogP contribution in [0.4, 0.5) is 17.5 Å². The quantitative estimate of drug-likeness (QED) is 0.407. The predicted octanol–water partition coefficient (Wildman–Crippen LogP) is 1.02. The van der Waals surface area contributed by atoms with Gasteiger partial charge >= 0.3 is 5.69 Å². The van der Waals surface area contributed by atoms with E-state index in [4.69, 9.17) is 5.84 Å². The molecule has 1 aliphatic carbocycles. The lowest BCUT2D eigenvalue weighted by Gasteiger charge is -2.12. The van der Waals surface area contributed by atoms with Crippen molar-refractivity contribution in [2.24, 2.45) is 5.84 Å². The van der Waals surface area contributed by atoms with E-state index in [0.717, 1.165) is 31.9 Å². The molecule has 8 nitrogen and oxygen atoms in total. The van der Waals surface area contributed by atoms with E-state index in [1.54, 1.807) is 0 Å². The van der Waals surface area contributed by atoms with Crippen molar-refractivity contribution in [2.45, 2.75) is 31.7 Å². The Labute approximate surface area is 97.8 Å². The molecule has 0 saturated heterocycles. The fourth-order valence-electron chi connectivity index (χ4n) is 1.95. The first-order valence-electron chi connectivity index (χ1n) is 5.45. The molecule has 4 N–H and O–H groups in total. The summed E-state index contributed by atoms with van der Waals surface area (Å²) in [7, 11) is 0. The number of anilines is 2. The highest BCUT2D eigenvalue weighted by Crippen LogP contribution is 2.27. The zero-order valence-electron chi connectivity index (χ0n) is 9.22. The fraction of sp³-hybridized carbons (Fsp3) is 0.556. The first-order valence-corrected chi connectivity index (χ1v) is 5.45. The summed E-state index contributed by atoms with van der Waals surface area (Å²) in [6.07, 6.45) is 5.44. The van der Waals surface area contributed by atoms with Gasteiger partial charge in [-0.3, -0.25) is 15.5 Å². The third-order valence-corrected chi connectivity index (χ3v) is 2.79. The molecule has 0 unspecified atom stereocenters. The van der Waals surface area contributed by atoms with Gasteiger partial charge in [0.25, 0.3) is 0 Å². The molecule has 1 aliphatic rings. The Morgan fingerprint density at radius 1 is 1.47 bits per heavy atom. The molecule has 0 spiro atoms. The molecule has 1 saturated carbocycles. The second kappa shape index (κ2) is 4.91. The number of hydrazine groups is 1. The number of nitrogens with zero attached hydrogens (tertiary/aromatic N) is 3. The number of nitrogens with one attached hydrogen (secondary N) is 2. The molecular weight excluding hydrogens is 224 g/mol. The number of nitrogens with two attached hydrogens (primary N) is 1. The number of aromatic nitrogens is 2. The van der Waals surface area contributed by atoms with E-state index in [9.17, 15) is 10.1 Å². The normalized spacial score (nSPS) is 15.8. The lowest BCUT2D eigenvalue weighted by molar-refractivity contribution is -0.384. The Bertz CT molecular complexity index is 418. The average molecular weight is 238 g/mol. The van der Waals surface area contributed by atoms with Crippen molar-refractivity contribution in [1.29, 1.82) is 0 Å². The molecule has 8 heteroatoms. The summed E-state index contributed by atoms with van der Waals surface area (Å²) < 4.78 is 0. The van der Waals surface area contributed by atoms with Crippen LogP contribution in [-0.4, -0.2) is 20.9 Å². The molecule has 1 aromatic rings. The predicted molar refractivity (Wildman–Crippen MR) is 62.4 cm³/mol. The first-order chi connectivity index (χ1) is 8.20. The smallest absolute Gasteiger partial charge is 0.329 e. The van der Waals surface area contributed by atoms with Crippen molar-refractivity contribution in [3.05, 3.63) is 16.3 Å². The van der Waals surface area contributed by atoms with Crippen LogP contribution in [0.5, 0.6) is 0 Å². The summed E-state index contributed by atoms with van der Waals surface area (Å²) >= 11 is 0. The Hall–Kier alpha value is -1.96. The third kappa shape index (κ3) is 2.59. The van der Waals surface area contributed by atoms with Crippen molar-refractivity contribution in [3.8, 4) is 0 Å². The standard InChI is InChI=1S/C9H14N6O2/c10-14-9-11-5-7(15(16)17)8(13-9)12-6-3-1-2-4-6/h5-6H,1-4,10H2,(H2,11,12,13,14). The van der Waals surface area contributed by atoms with E-state index in [2.05, 4.69) is 20.7 Å². The average Bonchev–Trinajstić information content (AvgIpc) is 2.81. The first kappa shape index (κ1) is 11.5. The second-order valence-corrected chi connectivity index (χ2v) is 3.95.